The summed E-state index contributed by atoms with van der Waals surface area (Å²) in [7, 11) is 1.60. The lowest BCUT2D eigenvalue weighted by Gasteiger charge is -2.15. The molecule has 7 rings (SSSR count). The number of furan rings is 1. The van der Waals surface area contributed by atoms with Gasteiger partial charge >= 0.3 is 0 Å². The summed E-state index contributed by atoms with van der Waals surface area (Å²) in [5, 5.41) is 5.78. The fourth-order valence-electron chi connectivity index (χ4n) is 5.09. The van der Waals surface area contributed by atoms with Gasteiger partial charge in [0.1, 0.15) is 17.9 Å². The zero-order chi connectivity index (χ0) is 30.9. The Morgan fingerprint density at radius 2 is 1.82 bits per heavy atom. The molecule has 0 aliphatic carbocycles. The van der Waals surface area contributed by atoms with Gasteiger partial charge in [0.25, 0.3) is 5.56 Å². The van der Waals surface area contributed by atoms with Crippen molar-refractivity contribution in [1.82, 2.24) is 9.66 Å². The van der Waals surface area contributed by atoms with E-state index in [-0.39, 0.29) is 24.8 Å². The molecule has 226 valence electrons. The second kappa shape index (κ2) is 12.0. The number of hydrogen-bond donors (Lipinski definition) is 0. The van der Waals surface area contributed by atoms with Gasteiger partial charge in [-0.1, -0.05) is 24.3 Å². The Balaban J connectivity index is 1.26. The van der Waals surface area contributed by atoms with Crippen LogP contribution >= 0.6 is 15.9 Å². The van der Waals surface area contributed by atoms with Gasteiger partial charge in [0.05, 0.1) is 40.7 Å². The lowest BCUT2D eigenvalue weighted by Crippen LogP contribution is -2.20. The van der Waals surface area contributed by atoms with E-state index in [9.17, 15) is 4.79 Å². The fraction of sp³-hybridized carbons (Fsp3) is 0.147. The highest BCUT2D eigenvalue weighted by atomic mass is 79.9. The van der Waals surface area contributed by atoms with Gasteiger partial charge in [-0.05, 0) is 88.6 Å². The molecule has 0 amide bonds. The van der Waals surface area contributed by atoms with Gasteiger partial charge in [-0.15, -0.1) is 0 Å². The summed E-state index contributed by atoms with van der Waals surface area (Å²) < 4.78 is 36.5. The monoisotopic (exact) mass is 667 g/mol. The third kappa shape index (κ3) is 5.46. The highest BCUT2D eigenvalue weighted by Crippen LogP contribution is 2.38. The molecular weight excluding hydrogens is 642 g/mol. The number of fused-ring (bicyclic) bond motifs is 3. The minimum atomic E-state index is -0.341. The first-order valence-electron chi connectivity index (χ1n) is 14.1. The Kier molecular flexibility index (Phi) is 7.60. The maximum atomic E-state index is 13.7. The topological polar surface area (TPSA) is 107 Å². The smallest absolute Gasteiger partial charge is 0.282 e. The van der Waals surface area contributed by atoms with Crippen LogP contribution in [-0.2, 0) is 6.61 Å². The van der Waals surface area contributed by atoms with Crippen LogP contribution in [-0.4, -0.2) is 36.4 Å². The molecule has 4 aromatic carbocycles. The lowest BCUT2D eigenvalue weighted by atomic mass is 10.2. The van der Waals surface area contributed by atoms with E-state index in [4.69, 9.17) is 33.1 Å². The van der Waals surface area contributed by atoms with Crippen LogP contribution in [0, 0.1) is 0 Å². The SMILES string of the molecule is CCOc1cc(C=Nn2c(-c3cc4c(OC)cccc4o3)nc3ccccc3c2=O)cc(Br)c1OCc1ccc2c(c1)OCO2. The summed E-state index contributed by atoms with van der Waals surface area (Å²) in [5.74, 6) is 3.72. The molecule has 0 spiro atoms. The van der Waals surface area contributed by atoms with E-state index in [2.05, 4.69) is 21.0 Å². The van der Waals surface area contributed by atoms with Crippen molar-refractivity contribution in [3.8, 4) is 40.3 Å². The molecule has 0 atom stereocenters. The van der Waals surface area contributed by atoms with Crippen LogP contribution in [0.1, 0.15) is 18.1 Å². The van der Waals surface area contributed by atoms with Crippen LogP contribution in [0.2, 0.25) is 0 Å². The number of halogens is 1. The zero-order valence-electron chi connectivity index (χ0n) is 24.3. The molecule has 11 heteroatoms. The zero-order valence-corrected chi connectivity index (χ0v) is 25.9. The summed E-state index contributed by atoms with van der Waals surface area (Å²) in [6.45, 7) is 2.80. The largest absolute Gasteiger partial charge is 0.496 e. The summed E-state index contributed by atoms with van der Waals surface area (Å²) in [6, 6.07) is 23.8. The maximum Gasteiger partial charge on any atom is 0.282 e. The van der Waals surface area contributed by atoms with E-state index in [1.807, 2.05) is 55.5 Å². The van der Waals surface area contributed by atoms with Crippen molar-refractivity contribution in [3.05, 3.63) is 105 Å². The Labute approximate surface area is 265 Å². The van der Waals surface area contributed by atoms with Crippen molar-refractivity contribution in [3.63, 3.8) is 0 Å². The first-order valence-corrected chi connectivity index (χ1v) is 14.9. The number of benzene rings is 4. The van der Waals surface area contributed by atoms with Gasteiger partial charge in [0, 0.05) is 0 Å². The Hall–Kier alpha value is -5.29. The van der Waals surface area contributed by atoms with Crippen molar-refractivity contribution in [2.45, 2.75) is 13.5 Å². The number of nitrogens with zero attached hydrogens (tertiary/aromatic N) is 3. The molecular formula is C34H26BrN3O7. The molecule has 6 aromatic rings. The van der Waals surface area contributed by atoms with Gasteiger partial charge in [-0.2, -0.15) is 9.78 Å². The van der Waals surface area contributed by atoms with Crippen LogP contribution in [0.3, 0.4) is 0 Å². The van der Waals surface area contributed by atoms with Gasteiger partial charge < -0.3 is 28.1 Å². The summed E-state index contributed by atoms with van der Waals surface area (Å²) >= 11 is 3.63. The predicted octanol–water partition coefficient (Wildman–Crippen LogP) is 7.17. The Bertz CT molecular complexity index is 2150. The average molecular weight is 668 g/mol. The number of rotatable bonds is 9. The molecule has 0 bridgehead atoms. The first kappa shape index (κ1) is 28.5. The second-order valence-electron chi connectivity index (χ2n) is 10.0. The summed E-state index contributed by atoms with van der Waals surface area (Å²) in [5.41, 5.74) is 2.37. The van der Waals surface area contributed by atoms with E-state index in [0.29, 0.717) is 67.6 Å². The third-order valence-electron chi connectivity index (χ3n) is 7.19. The summed E-state index contributed by atoms with van der Waals surface area (Å²) in [6.07, 6.45) is 1.57. The number of methoxy groups -OCH3 is 1. The van der Waals surface area contributed by atoms with E-state index >= 15 is 0 Å². The first-order chi connectivity index (χ1) is 22.0. The molecule has 2 aromatic heterocycles. The van der Waals surface area contributed by atoms with Crippen molar-refractivity contribution in [2.24, 2.45) is 5.10 Å². The van der Waals surface area contributed by atoms with Crippen LogP contribution in [0.5, 0.6) is 28.7 Å². The maximum absolute atomic E-state index is 13.7. The van der Waals surface area contributed by atoms with Crippen molar-refractivity contribution in [2.75, 3.05) is 20.5 Å². The minimum absolute atomic E-state index is 0.207. The standard InChI is InChI=1S/C34H26BrN3O7/c1-3-41-30-15-21(13-24(35)32(30)42-18-20-11-12-28-29(14-20)44-19-43-28)17-36-38-33(37-25-8-5-4-7-22(25)34(38)39)31-16-23-26(40-2)9-6-10-27(23)45-31/h4-17H,3,18-19H2,1-2H3. The molecule has 0 fully saturated rings. The normalized spacial score (nSPS) is 12.3. The van der Waals surface area contributed by atoms with E-state index in [1.54, 1.807) is 43.7 Å². The highest BCUT2D eigenvalue weighted by Gasteiger charge is 2.19. The van der Waals surface area contributed by atoms with E-state index < -0.39 is 0 Å². The molecule has 0 N–H and O–H groups in total. The van der Waals surface area contributed by atoms with E-state index in [0.717, 1.165) is 10.9 Å². The Morgan fingerprint density at radius 1 is 0.956 bits per heavy atom. The van der Waals surface area contributed by atoms with Crippen LogP contribution in [0.25, 0.3) is 33.5 Å². The van der Waals surface area contributed by atoms with Crippen molar-refractivity contribution in [1.29, 1.82) is 0 Å². The highest BCUT2D eigenvalue weighted by molar-refractivity contribution is 9.10. The van der Waals surface area contributed by atoms with Crippen LogP contribution in [0.4, 0.5) is 0 Å². The fourth-order valence-corrected chi connectivity index (χ4v) is 5.66. The molecule has 0 radical (unpaired) electrons. The molecule has 10 nitrogen and oxygen atoms in total. The quantitative estimate of drug-likeness (QED) is 0.149. The lowest BCUT2D eigenvalue weighted by molar-refractivity contribution is 0.174. The van der Waals surface area contributed by atoms with Gasteiger partial charge in [0.2, 0.25) is 12.6 Å². The molecule has 0 unspecified atom stereocenters. The molecule has 1 aliphatic rings. The van der Waals surface area contributed by atoms with Gasteiger partial charge in [0.15, 0.2) is 28.8 Å². The van der Waals surface area contributed by atoms with Gasteiger partial charge in [-0.3, -0.25) is 4.79 Å². The average Bonchev–Trinajstić information content (AvgIpc) is 3.71. The van der Waals surface area contributed by atoms with E-state index in [1.165, 1.54) is 4.68 Å². The van der Waals surface area contributed by atoms with Crippen molar-refractivity contribution >= 4 is 44.0 Å². The number of aromatic nitrogens is 2. The number of hydrogen-bond acceptors (Lipinski definition) is 9. The number of ether oxygens (including phenoxy) is 5. The molecule has 0 saturated carbocycles. The minimum Gasteiger partial charge on any atom is -0.496 e. The molecule has 1 aliphatic heterocycles. The van der Waals surface area contributed by atoms with Crippen LogP contribution < -0.4 is 29.2 Å². The summed E-state index contributed by atoms with van der Waals surface area (Å²) in [4.78, 5) is 18.5. The van der Waals surface area contributed by atoms with Crippen molar-refractivity contribution < 1.29 is 28.1 Å². The molecule has 0 saturated heterocycles. The molecule has 3 heterocycles. The third-order valence-corrected chi connectivity index (χ3v) is 7.78. The van der Waals surface area contributed by atoms with Gasteiger partial charge in [-0.25, -0.2) is 4.98 Å². The molecule has 45 heavy (non-hydrogen) atoms. The second-order valence-corrected chi connectivity index (χ2v) is 10.9. The predicted molar refractivity (Wildman–Crippen MR) is 173 cm³/mol. The Morgan fingerprint density at radius 3 is 2.69 bits per heavy atom. The number of para-hydroxylation sites is 1. The van der Waals surface area contributed by atoms with Crippen LogP contribution in [0.15, 0.2) is 97.6 Å².